The number of aromatic nitrogens is 1. The van der Waals surface area contributed by atoms with Gasteiger partial charge in [-0.2, -0.15) is 0 Å². The fraction of sp³-hybridized carbons (Fsp3) is 0.0833. The van der Waals surface area contributed by atoms with Crippen molar-refractivity contribution >= 4 is 5.91 Å². The summed E-state index contributed by atoms with van der Waals surface area (Å²) in [6.45, 7) is 0. The normalized spacial score (nSPS) is 10.0. The molecule has 0 aliphatic rings. The van der Waals surface area contributed by atoms with Gasteiger partial charge in [-0.25, -0.2) is 0 Å². The van der Waals surface area contributed by atoms with Crippen LogP contribution < -0.4 is 5.43 Å². The minimum atomic E-state index is -0.0955. The maximum absolute atomic E-state index is 11.6. The number of phenolic OH excluding ortho intramolecular Hbond substituents is 1. The fourth-order valence-corrected chi connectivity index (χ4v) is 1.39. The van der Waals surface area contributed by atoms with Crippen LogP contribution >= 0.6 is 0 Å². The van der Waals surface area contributed by atoms with Gasteiger partial charge in [-0.3, -0.25) is 14.9 Å². The quantitative estimate of drug-likeness (QED) is 0.817. The molecule has 2 N–H and O–H groups in total. The van der Waals surface area contributed by atoms with Crippen LogP contribution in [-0.2, 0) is 11.2 Å². The summed E-state index contributed by atoms with van der Waals surface area (Å²) >= 11 is 0. The van der Waals surface area contributed by atoms with Gasteiger partial charge in [-0.05, 0) is 29.8 Å². The van der Waals surface area contributed by atoms with Gasteiger partial charge in [0, 0.05) is 12.4 Å². The van der Waals surface area contributed by atoms with Gasteiger partial charge in [0.1, 0.15) is 5.75 Å². The predicted octanol–water partition coefficient (Wildman–Crippen LogP) is 1.51. The zero-order valence-electron chi connectivity index (χ0n) is 8.63. The van der Waals surface area contributed by atoms with Gasteiger partial charge in [0.15, 0.2) is 0 Å². The third-order valence-electron chi connectivity index (χ3n) is 2.16. The average Bonchev–Trinajstić information content (AvgIpc) is 2.74. The van der Waals surface area contributed by atoms with Crippen LogP contribution in [0.15, 0.2) is 48.8 Å². The number of nitrogens with zero attached hydrogens (tertiary/aromatic N) is 1. The zero-order valence-corrected chi connectivity index (χ0v) is 8.63. The minimum Gasteiger partial charge on any atom is -0.508 e. The van der Waals surface area contributed by atoms with Crippen LogP contribution in [0.4, 0.5) is 0 Å². The van der Waals surface area contributed by atoms with E-state index in [2.05, 4.69) is 5.43 Å². The summed E-state index contributed by atoms with van der Waals surface area (Å²) in [5.74, 6) is 0.108. The van der Waals surface area contributed by atoms with E-state index in [1.165, 1.54) is 0 Å². The topological polar surface area (TPSA) is 54.3 Å². The molecule has 1 heterocycles. The highest BCUT2D eigenvalue weighted by Crippen LogP contribution is 2.09. The Morgan fingerprint density at radius 2 is 1.81 bits per heavy atom. The minimum absolute atomic E-state index is 0.0955. The summed E-state index contributed by atoms with van der Waals surface area (Å²) in [4.78, 5) is 11.6. The zero-order chi connectivity index (χ0) is 11.4. The van der Waals surface area contributed by atoms with Crippen molar-refractivity contribution in [1.82, 2.24) is 4.68 Å². The first-order chi connectivity index (χ1) is 7.74. The second kappa shape index (κ2) is 4.53. The molecule has 0 bridgehead atoms. The summed E-state index contributed by atoms with van der Waals surface area (Å²) in [7, 11) is 0. The maximum atomic E-state index is 11.6. The molecule has 0 unspecified atom stereocenters. The number of benzene rings is 1. The molecule has 82 valence electrons. The molecular weight excluding hydrogens is 204 g/mol. The molecule has 4 nitrogen and oxygen atoms in total. The number of phenols is 1. The van der Waals surface area contributed by atoms with E-state index in [-0.39, 0.29) is 11.7 Å². The van der Waals surface area contributed by atoms with E-state index in [1.54, 1.807) is 41.3 Å². The van der Waals surface area contributed by atoms with Gasteiger partial charge in [0.05, 0.1) is 6.42 Å². The van der Waals surface area contributed by atoms with Crippen molar-refractivity contribution < 1.29 is 9.90 Å². The number of hydrogen-bond donors (Lipinski definition) is 2. The first-order valence-corrected chi connectivity index (χ1v) is 4.95. The standard InChI is InChI=1S/C12H12N2O2/c15-11-5-3-10(4-6-11)9-12(16)13-14-7-1-2-8-14/h1-8,15H,9H2,(H,13,16). The second-order valence-electron chi connectivity index (χ2n) is 3.47. The lowest BCUT2D eigenvalue weighted by atomic mass is 10.1. The van der Waals surface area contributed by atoms with E-state index in [1.807, 2.05) is 12.1 Å². The van der Waals surface area contributed by atoms with Crippen molar-refractivity contribution in [3.8, 4) is 5.75 Å². The highest BCUT2D eigenvalue weighted by atomic mass is 16.3. The molecule has 0 aliphatic carbocycles. The van der Waals surface area contributed by atoms with E-state index in [4.69, 9.17) is 5.11 Å². The van der Waals surface area contributed by atoms with Crippen LogP contribution in [0.1, 0.15) is 5.56 Å². The molecule has 4 heteroatoms. The van der Waals surface area contributed by atoms with Crippen molar-refractivity contribution in [2.24, 2.45) is 0 Å². The fourth-order valence-electron chi connectivity index (χ4n) is 1.39. The van der Waals surface area contributed by atoms with Crippen LogP contribution in [-0.4, -0.2) is 15.7 Å². The van der Waals surface area contributed by atoms with Gasteiger partial charge in [-0.1, -0.05) is 12.1 Å². The molecule has 2 rings (SSSR count). The Bertz CT molecular complexity index is 460. The summed E-state index contributed by atoms with van der Waals surface area (Å²) in [6.07, 6.45) is 3.81. The summed E-state index contributed by atoms with van der Waals surface area (Å²) in [5.41, 5.74) is 3.56. The first kappa shape index (κ1) is 10.3. The van der Waals surface area contributed by atoms with E-state index >= 15 is 0 Å². The Kier molecular flexibility index (Phi) is 2.91. The number of nitrogens with one attached hydrogen (secondary N) is 1. The summed E-state index contributed by atoms with van der Waals surface area (Å²) < 4.78 is 1.60. The Morgan fingerprint density at radius 3 is 2.44 bits per heavy atom. The molecule has 0 fully saturated rings. The number of carbonyl (C=O) groups excluding carboxylic acids is 1. The molecule has 1 aromatic carbocycles. The van der Waals surface area contributed by atoms with Crippen LogP contribution in [0.25, 0.3) is 0 Å². The predicted molar refractivity (Wildman–Crippen MR) is 60.6 cm³/mol. The monoisotopic (exact) mass is 216 g/mol. The van der Waals surface area contributed by atoms with Crippen LogP contribution in [0.3, 0.4) is 0 Å². The third kappa shape index (κ3) is 2.63. The van der Waals surface area contributed by atoms with Crippen molar-refractivity contribution in [2.45, 2.75) is 6.42 Å². The SMILES string of the molecule is O=C(Cc1ccc(O)cc1)Nn1cccc1. The van der Waals surface area contributed by atoms with Crippen molar-refractivity contribution in [2.75, 3.05) is 5.43 Å². The molecule has 16 heavy (non-hydrogen) atoms. The number of aromatic hydroxyl groups is 1. The van der Waals surface area contributed by atoms with Crippen molar-refractivity contribution in [3.63, 3.8) is 0 Å². The highest BCUT2D eigenvalue weighted by molar-refractivity contribution is 5.85. The van der Waals surface area contributed by atoms with Gasteiger partial charge in [0.25, 0.3) is 0 Å². The third-order valence-corrected chi connectivity index (χ3v) is 2.16. The van der Waals surface area contributed by atoms with E-state index in [0.717, 1.165) is 5.56 Å². The van der Waals surface area contributed by atoms with Crippen molar-refractivity contribution in [1.29, 1.82) is 0 Å². The Morgan fingerprint density at radius 1 is 1.19 bits per heavy atom. The largest absolute Gasteiger partial charge is 0.508 e. The molecule has 0 saturated carbocycles. The molecule has 0 saturated heterocycles. The number of rotatable bonds is 3. The lowest BCUT2D eigenvalue weighted by molar-refractivity contribution is -0.116. The highest BCUT2D eigenvalue weighted by Gasteiger charge is 2.02. The van der Waals surface area contributed by atoms with Crippen LogP contribution in [0.5, 0.6) is 5.75 Å². The molecule has 2 aromatic rings. The van der Waals surface area contributed by atoms with E-state index in [9.17, 15) is 4.79 Å². The summed E-state index contributed by atoms with van der Waals surface area (Å²) in [5, 5.41) is 9.09. The Balaban J connectivity index is 1.95. The average molecular weight is 216 g/mol. The van der Waals surface area contributed by atoms with Crippen LogP contribution in [0.2, 0.25) is 0 Å². The maximum Gasteiger partial charge on any atom is 0.243 e. The Labute approximate surface area is 93.1 Å². The molecular formula is C12H12N2O2. The molecule has 0 aliphatic heterocycles. The Hall–Kier alpha value is -2.23. The van der Waals surface area contributed by atoms with Crippen molar-refractivity contribution in [3.05, 3.63) is 54.4 Å². The lowest BCUT2D eigenvalue weighted by Gasteiger charge is -2.05. The van der Waals surface area contributed by atoms with Crippen LogP contribution in [0, 0.1) is 0 Å². The number of amides is 1. The lowest BCUT2D eigenvalue weighted by Crippen LogP contribution is -2.22. The van der Waals surface area contributed by atoms with Gasteiger partial charge >= 0.3 is 0 Å². The molecule has 1 aromatic heterocycles. The van der Waals surface area contributed by atoms with Gasteiger partial charge < -0.3 is 5.11 Å². The van der Waals surface area contributed by atoms with Gasteiger partial charge in [0.2, 0.25) is 5.91 Å². The second-order valence-corrected chi connectivity index (χ2v) is 3.47. The smallest absolute Gasteiger partial charge is 0.243 e. The number of carbonyl (C=O) groups is 1. The van der Waals surface area contributed by atoms with E-state index in [0.29, 0.717) is 6.42 Å². The molecule has 0 spiro atoms. The van der Waals surface area contributed by atoms with Gasteiger partial charge in [-0.15, -0.1) is 0 Å². The molecule has 0 radical (unpaired) electrons. The van der Waals surface area contributed by atoms with E-state index < -0.39 is 0 Å². The number of hydrogen-bond acceptors (Lipinski definition) is 2. The molecule has 0 atom stereocenters. The molecule has 1 amide bonds. The first-order valence-electron chi connectivity index (χ1n) is 4.95. The summed E-state index contributed by atoms with van der Waals surface area (Å²) in [6, 6.07) is 10.3.